The molecule has 34 heavy (non-hydrogen) atoms. The maximum atomic E-state index is 12.7. The van der Waals surface area contributed by atoms with E-state index in [1.54, 1.807) is 0 Å². The molecule has 0 aliphatic carbocycles. The first kappa shape index (κ1) is 25.2. The Morgan fingerprint density at radius 3 is 2.32 bits per heavy atom. The molecule has 0 spiro atoms. The van der Waals surface area contributed by atoms with Gasteiger partial charge in [-0.2, -0.15) is 5.10 Å². The van der Waals surface area contributed by atoms with Crippen molar-refractivity contribution >= 4 is 68.3 Å². The van der Waals surface area contributed by atoms with E-state index in [1.807, 2.05) is 0 Å². The molecule has 0 aliphatic heterocycles. The number of carbonyl (C=O) groups excluding carboxylic acids is 1. The third kappa shape index (κ3) is 5.94. The molecule has 0 fully saturated rings. The van der Waals surface area contributed by atoms with Gasteiger partial charge in [0.05, 0.1) is 16.2 Å². The van der Waals surface area contributed by atoms with Crippen molar-refractivity contribution in [3.8, 4) is 5.75 Å². The van der Waals surface area contributed by atoms with Gasteiger partial charge in [0.2, 0.25) is 0 Å². The standard InChI is InChI=1S/C20H13Cl3N4O6S/c21-13-2-4-15(5-3-13)26-34(32,33)18-8-11(1-6-16(18)23)20(29)25-24-10-12-7-14(22)9-17(19(12)28)27(30)31/h1-10,26,28H,(H,25,29)/p-1/b24-10-. The van der Waals surface area contributed by atoms with Gasteiger partial charge >= 0.3 is 0 Å². The highest BCUT2D eigenvalue weighted by Crippen LogP contribution is 2.30. The molecule has 0 radical (unpaired) electrons. The lowest BCUT2D eigenvalue weighted by atomic mass is 10.2. The Bertz CT molecular complexity index is 1410. The summed E-state index contributed by atoms with van der Waals surface area (Å²) in [6.07, 6.45) is 0.884. The minimum absolute atomic E-state index is 0.0696. The number of carbonyl (C=O) groups is 1. The van der Waals surface area contributed by atoms with Crippen molar-refractivity contribution in [3.05, 3.63) is 90.9 Å². The maximum absolute atomic E-state index is 12.7. The lowest BCUT2D eigenvalue weighted by Crippen LogP contribution is -2.19. The van der Waals surface area contributed by atoms with Gasteiger partial charge < -0.3 is 5.11 Å². The van der Waals surface area contributed by atoms with Gasteiger partial charge in [0.1, 0.15) is 4.90 Å². The molecule has 1 amide bonds. The largest absolute Gasteiger partial charge is 0.867 e. The summed E-state index contributed by atoms with van der Waals surface area (Å²) in [6.45, 7) is 0. The Labute approximate surface area is 208 Å². The number of anilines is 1. The second-order valence-electron chi connectivity index (χ2n) is 6.56. The lowest BCUT2D eigenvalue weighted by molar-refractivity contribution is -0.398. The van der Waals surface area contributed by atoms with Crippen LogP contribution in [0, 0.1) is 10.1 Å². The molecule has 0 bridgehead atoms. The predicted octanol–water partition coefficient (Wildman–Crippen LogP) is 4.19. The average Bonchev–Trinajstić information content (AvgIpc) is 2.77. The van der Waals surface area contributed by atoms with Crippen molar-refractivity contribution in [2.75, 3.05) is 4.72 Å². The number of benzene rings is 3. The summed E-state index contributed by atoms with van der Waals surface area (Å²) in [6, 6.07) is 11.4. The van der Waals surface area contributed by atoms with Crippen LogP contribution in [0.5, 0.6) is 5.75 Å². The number of hydrogen-bond donors (Lipinski definition) is 2. The van der Waals surface area contributed by atoms with Gasteiger partial charge in [-0.1, -0.05) is 34.8 Å². The van der Waals surface area contributed by atoms with Crippen LogP contribution in [-0.2, 0) is 10.0 Å². The van der Waals surface area contributed by atoms with Crippen LogP contribution in [0.15, 0.2) is 64.6 Å². The second-order valence-corrected chi connectivity index (χ2v) is 9.49. The first-order valence-electron chi connectivity index (χ1n) is 9.04. The highest BCUT2D eigenvalue weighted by atomic mass is 35.5. The molecule has 2 N–H and O–H groups in total. The van der Waals surface area contributed by atoms with E-state index < -0.39 is 32.3 Å². The Morgan fingerprint density at radius 2 is 1.68 bits per heavy atom. The Balaban J connectivity index is 1.81. The number of amides is 1. The summed E-state index contributed by atoms with van der Waals surface area (Å²) in [4.78, 5) is 22.1. The monoisotopic (exact) mass is 541 g/mol. The predicted molar refractivity (Wildman–Crippen MR) is 126 cm³/mol. The van der Waals surface area contributed by atoms with E-state index in [-0.39, 0.29) is 31.8 Å². The smallest absolute Gasteiger partial charge is 0.271 e. The molecule has 0 atom stereocenters. The number of nitro groups is 1. The van der Waals surface area contributed by atoms with Gasteiger partial charge in [-0.05, 0) is 59.8 Å². The van der Waals surface area contributed by atoms with Crippen molar-refractivity contribution in [1.82, 2.24) is 5.43 Å². The quantitative estimate of drug-likeness (QED) is 0.259. The number of nitrogens with zero attached hydrogens (tertiary/aromatic N) is 2. The topological polar surface area (TPSA) is 154 Å². The van der Waals surface area contributed by atoms with Crippen LogP contribution in [0.4, 0.5) is 11.4 Å². The van der Waals surface area contributed by atoms with Gasteiger partial charge in [-0.25, -0.2) is 13.8 Å². The molecule has 14 heteroatoms. The molecule has 0 heterocycles. The van der Waals surface area contributed by atoms with E-state index in [0.29, 0.717) is 5.02 Å². The number of nitro benzene ring substituents is 1. The van der Waals surface area contributed by atoms with E-state index >= 15 is 0 Å². The molecule has 0 saturated heterocycles. The van der Waals surface area contributed by atoms with Gasteiger partial charge in [-0.15, -0.1) is 0 Å². The first-order chi connectivity index (χ1) is 16.0. The van der Waals surface area contributed by atoms with E-state index in [1.165, 1.54) is 36.4 Å². The molecule has 0 saturated carbocycles. The highest BCUT2D eigenvalue weighted by molar-refractivity contribution is 7.92. The summed E-state index contributed by atoms with van der Waals surface area (Å²) < 4.78 is 27.8. The van der Waals surface area contributed by atoms with Crippen molar-refractivity contribution in [3.63, 3.8) is 0 Å². The van der Waals surface area contributed by atoms with Crippen LogP contribution in [0.25, 0.3) is 0 Å². The first-order valence-corrected chi connectivity index (χ1v) is 11.7. The molecule has 3 rings (SSSR count). The SMILES string of the molecule is O=C(N/N=C\c1cc(Cl)cc([N+](=O)[O-])c1[O-])c1ccc(Cl)c(S(=O)(=O)Nc2ccc(Cl)cc2)c1. The third-order valence-electron chi connectivity index (χ3n) is 4.21. The Kier molecular flexibility index (Phi) is 7.62. The number of halogens is 3. The number of hydrazone groups is 1. The number of rotatable bonds is 7. The lowest BCUT2D eigenvalue weighted by Gasteiger charge is -2.11. The zero-order chi connectivity index (χ0) is 25.0. The highest BCUT2D eigenvalue weighted by Gasteiger charge is 2.20. The van der Waals surface area contributed by atoms with Crippen LogP contribution >= 0.6 is 34.8 Å². The number of sulfonamides is 1. The van der Waals surface area contributed by atoms with E-state index in [9.17, 15) is 28.4 Å². The minimum atomic E-state index is -4.16. The van der Waals surface area contributed by atoms with E-state index in [0.717, 1.165) is 24.4 Å². The molecule has 10 nitrogen and oxygen atoms in total. The summed E-state index contributed by atoms with van der Waals surface area (Å²) in [5.74, 6) is -1.78. The zero-order valence-corrected chi connectivity index (χ0v) is 19.7. The molecular weight excluding hydrogens is 531 g/mol. The fraction of sp³-hybridized carbons (Fsp3) is 0. The molecule has 3 aromatic carbocycles. The summed E-state index contributed by atoms with van der Waals surface area (Å²) in [7, 11) is -4.16. The van der Waals surface area contributed by atoms with Crippen LogP contribution in [0.3, 0.4) is 0 Å². The maximum Gasteiger partial charge on any atom is 0.271 e. The van der Waals surface area contributed by atoms with Crippen LogP contribution in [0.1, 0.15) is 15.9 Å². The molecule has 0 aromatic heterocycles. The second kappa shape index (κ2) is 10.3. The number of hydrogen-bond acceptors (Lipinski definition) is 7. The van der Waals surface area contributed by atoms with Crippen molar-refractivity contribution in [2.24, 2.45) is 5.10 Å². The molecule has 176 valence electrons. The van der Waals surface area contributed by atoms with Gasteiger partial charge in [-0.3, -0.25) is 19.6 Å². The van der Waals surface area contributed by atoms with Crippen molar-refractivity contribution < 1.29 is 23.2 Å². The fourth-order valence-corrected chi connectivity index (χ4v) is 4.57. The molecule has 0 aliphatic rings. The van der Waals surface area contributed by atoms with Gasteiger partial charge in [0.25, 0.3) is 21.6 Å². The average molecular weight is 543 g/mol. The van der Waals surface area contributed by atoms with Crippen LogP contribution in [-0.4, -0.2) is 25.5 Å². The Morgan fingerprint density at radius 1 is 1.00 bits per heavy atom. The van der Waals surface area contributed by atoms with Crippen LogP contribution in [0.2, 0.25) is 15.1 Å². The Hall–Kier alpha value is -3.38. The van der Waals surface area contributed by atoms with Gasteiger partial charge in [0.15, 0.2) is 0 Å². The third-order valence-corrected chi connectivity index (χ3v) is 6.54. The summed E-state index contributed by atoms with van der Waals surface area (Å²) in [5, 5.41) is 26.8. The van der Waals surface area contributed by atoms with Crippen LogP contribution < -0.4 is 15.3 Å². The number of nitrogens with one attached hydrogen (secondary N) is 2. The molecule has 3 aromatic rings. The summed E-state index contributed by atoms with van der Waals surface area (Å²) in [5.41, 5.74) is 1.24. The normalized spacial score (nSPS) is 11.4. The van der Waals surface area contributed by atoms with Gasteiger partial charge in [0, 0.05) is 27.4 Å². The van der Waals surface area contributed by atoms with Crippen molar-refractivity contribution in [1.29, 1.82) is 0 Å². The fourth-order valence-electron chi connectivity index (χ4n) is 2.63. The van der Waals surface area contributed by atoms with E-state index in [2.05, 4.69) is 15.2 Å². The zero-order valence-electron chi connectivity index (χ0n) is 16.7. The van der Waals surface area contributed by atoms with Crippen molar-refractivity contribution in [2.45, 2.75) is 4.90 Å². The minimum Gasteiger partial charge on any atom is -0.867 e. The molecular formula is C20H12Cl3N4O6S-. The summed E-state index contributed by atoms with van der Waals surface area (Å²) >= 11 is 17.6. The molecule has 0 unspecified atom stereocenters. The van der Waals surface area contributed by atoms with E-state index in [4.69, 9.17) is 34.8 Å².